The molecule has 0 aliphatic rings. The number of hydrogen-bond donors (Lipinski definition) is 1. The average Bonchev–Trinajstić information content (AvgIpc) is 2.34. The third-order valence-corrected chi connectivity index (χ3v) is 4.42. The maximum atomic E-state index is 11.5. The average molecular weight is 425 g/mol. The molecule has 0 aliphatic carbocycles. The minimum Gasteiger partial charge on any atom is -0.461 e. The van der Waals surface area contributed by atoms with Gasteiger partial charge in [-0.3, -0.25) is 5.43 Å². The lowest BCUT2D eigenvalue weighted by Gasteiger charge is -2.06. The van der Waals surface area contributed by atoms with Crippen LogP contribution in [0.15, 0.2) is 27.8 Å². The predicted octanol–water partition coefficient (Wildman–Crippen LogP) is 3.79. The van der Waals surface area contributed by atoms with Crippen LogP contribution in [-0.2, 0) is 9.53 Å². The zero-order valence-corrected chi connectivity index (χ0v) is 13.9. The van der Waals surface area contributed by atoms with Crippen LogP contribution in [0.5, 0.6) is 0 Å². The highest BCUT2D eigenvalue weighted by atomic mass is 127. The van der Waals surface area contributed by atoms with Gasteiger partial charge in [-0.15, -0.1) is 0 Å². The third kappa shape index (κ3) is 4.56. The van der Waals surface area contributed by atoms with Gasteiger partial charge in [0.05, 0.1) is 12.3 Å². The van der Waals surface area contributed by atoms with Crippen LogP contribution in [0.2, 0.25) is 0 Å². The van der Waals surface area contributed by atoms with E-state index in [-0.39, 0.29) is 5.97 Å². The Morgan fingerprint density at radius 1 is 1.50 bits per heavy atom. The van der Waals surface area contributed by atoms with Gasteiger partial charge in [0.2, 0.25) is 0 Å². The first-order chi connectivity index (χ1) is 8.58. The smallest absolute Gasteiger partial charge is 0.354 e. The van der Waals surface area contributed by atoms with E-state index in [2.05, 4.69) is 49.0 Å². The molecular weight excluding hydrogens is 411 g/mol. The van der Waals surface area contributed by atoms with Gasteiger partial charge in [0.25, 0.3) is 0 Å². The van der Waals surface area contributed by atoms with Crippen LogP contribution in [-0.4, -0.2) is 18.3 Å². The quantitative estimate of drug-likeness (QED) is 0.338. The molecule has 0 unspecified atom stereocenters. The summed E-state index contributed by atoms with van der Waals surface area (Å²) in [5.41, 5.74) is 4.06. The number of hydrazone groups is 1. The largest absolute Gasteiger partial charge is 0.461 e. The second-order valence-corrected chi connectivity index (χ2v) is 5.39. The van der Waals surface area contributed by atoms with Crippen molar-refractivity contribution >= 4 is 55.9 Å². The van der Waals surface area contributed by atoms with Crippen LogP contribution in [0, 0.1) is 3.57 Å². The number of esters is 1. The predicted molar refractivity (Wildman–Crippen MR) is 84.8 cm³/mol. The first-order valence-electron chi connectivity index (χ1n) is 5.53. The molecule has 1 rings (SSSR count). The van der Waals surface area contributed by atoms with Gasteiger partial charge in [-0.2, -0.15) is 5.10 Å². The van der Waals surface area contributed by atoms with Crippen LogP contribution < -0.4 is 5.43 Å². The highest BCUT2D eigenvalue weighted by Gasteiger charge is 2.10. The summed E-state index contributed by atoms with van der Waals surface area (Å²) in [4.78, 5) is 11.5. The zero-order valence-electron chi connectivity index (χ0n) is 10.2. The summed E-state index contributed by atoms with van der Waals surface area (Å²) in [6.07, 6.45) is 0.525. The molecule has 0 heterocycles. The number of carbonyl (C=O) groups is 1. The van der Waals surface area contributed by atoms with Gasteiger partial charge in [-0.05, 0) is 70.1 Å². The molecule has 0 radical (unpaired) electrons. The molecule has 0 bridgehead atoms. The van der Waals surface area contributed by atoms with Gasteiger partial charge in [0.1, 0.15) is 5.71 Å². The van der Waals surface area contributed by atoms with E-state index in [1.54, 1.807) is 6.92 Å². The minimum atomic E-state index is -0.378. The Balaban J connectivity index is 2.76. The molecule has 0 atom stereocenters. The topological polar surface area (TPSA) is 50.7 Å². The molecule has 18 heavy (non-hydrogen) atoms. The fourth-order valence-electron chi connectivity index (χ4n) is 1.18. The molecule has 0 aliphatic heterocycles. The summed E-state index contributed by atoms with van der Waals surface area (Å²) >= 11 is 5.66. The summed E-state index contributed by atoms with van der Waals surface area (Å²) in [6.45, 7) is 3.99. The van der Waals surface area contributed by atoms with Gasteiger partial charge in [0, 0.05) is 8.04 Å². The van der Waals surface area contributed by atoms with E-state index in [0.29, 0.717) is 18.7 Å². The monoisotopic (exact) mass is 424 g/mol. The van der Waals surface area contributed by atoms with Gasteiger partial charge in [0.15, 0.2) is 0 Å². The highest BCUT2D eigenvalue weighted by Crippen LogP contribution is 2.22. The van der Waals surface area contributed by atoms with Gasteiger partial charge < -0.3 is 4.74 Å². The molecule has 4 nitrogen and oxygen atoms in total. The molecule has 0 spiro atoms. The molecule has 1 aromatic rings. The Bertz CT molecular complexity index is 463. The van der Waals surface area contributed by atoms with E-state index in [0.717, 1.165) is 13.7 Å². The molecule has 0 aromatic heterocycles. The minimum absolute atomic E-state index is 0.354. The number of halogens is 2. The second kappa shape index (κ2) is 7.73. The molecule has 0 saturated heterocycles. The molecule has 1 aromatic carbocycles. The van der Waals surface area contributed by atoms with Crippen molar-refractivity contribution < 1.29 is 9.53 Å². The molecule has 1 N–H and O–H groups in total. The van der Waals surface area contributed by atoms with E-state index < -0.39 is 0 Å². The van der Waals surface area contributed by atoms with Crippen LogP contribution in [0.3, 0.4) is 0 Å². The fourth-order valence-corrected chi connectivity index (χ4v) is 1.90. The van der Waals surface area contributed by atoms with Crippen molar-refractivity contribution in [1.29, 1.82) is 0 Å². The number of nitrogens with zero attached hydrogens (tertiary/aromatic N) is 1. The second-order valence-electron chi connectivity index (χ2n) is 3.37. The highest BCUT2D eigenvalue weighted by molar-refractivity contribution is 14.1. The first kappa shape index (κ1) is 15.4. The molecule has 0 amide bonds. The van der Waals surface area contributed by atoms with Crippen LogP contribution in [0.1, 0.15) is 20.3 Å². The fraction of sp³-hybridized carbons (Fsp3) is 0.333. The number of anilines is 1. The number of rotatable bonds is 5. The number of hydrogen-bond acceptors (Lipinski definition) is 4. The van der Waals surface area contributed by atoms with Crippen molar-refractivity contribution in [3.63, 3.8) is 0 Å². The lowest BCUT2D eigenvalue weighted by Crippen LogP contribution is -2.18. The number of nitrogens with one attached hydrogen (secondary N) is 1. The van der Waals surface area contributed by atoms with Crippen molar-refractivity contribution in [2.75, 3.05) is 12.0 Å². The summed E-state index contributed by atoms with van der Waals surface area (Å²) in [6, 6.07) is 5.76. The Kier molecular flexibility index (Phi) is 6.62. The van der Waals surface area contributed by atoms with Crippen molar-refractivity contribution in [1.82, 2.24) is 0 Å². The number of benzene rings is 1. The van der Waals surface area contributed by atoms with E-state index in [1.165, 1.54) is 0 Å². The lowest BCUT2D eigenvalue weighted by atomic mass is 10.3. The van der Waals surface area contributed by atoms with E-state index in [1.807, 2.05) is 25.1 Å². The zero-order chi connectivity index (χ0) is 13.5. The molecule has 98 valence electrons. The lowest BCUT2D eigenvalue weighted by molar-refractivity contribution is -0.135. The summed E-state index contributed by atoms with van der Waals surface area (Å²) < 4.78 is 7.00. The maximum Gasteiger partial charge on any atom is 0.354 e. The normalized spacial score (nSPS) is 11.2. The Morgan fingerprint density at radius 2 is 2.22 bits per heavy atom. The number of ether oxygens (including phenoxy) is 1. The van der Waals surface area contributed by atoms with Crippen LogP contribution >= 0.6 is 38.5 Å². The molecule has 0 saturated carbocycles. The van der Waals surface area contributed by atoms with Crippen molar-refractivity contribution in [3.05, 3.63) is 26.2 Å². The van der Waals surface area contributed by atoms with Crippen molar-refractivity contribution in [3.8, 4) is 0 Å². The first-order valence-corrected chi connectivity index (χ1v) is 7.40. The third-order valence-electron chi connectivity index (χ3n) is 2.09. The van der Waals surface area contributed by atoms with Gasteiger partial charge in [-0.1, -0.05) is 6.92 Å². The molecular formula is C12H14BrIN2O2. The molecule has 6 heteroatoms. The standard InChI is InChI=1S/C12H14BrIN2O2/c1-3-11(12(17)18-4-2)16-15-8-5-6-10(14)9(13)7-8/h5-7,15H,3-4H2,1-2H3. The Hall–Kier alpha value is -0.630. The SMILES string of the molecule is CCOC(=O)C(CC)=NNc1ccc(I)c(Br)c1. The van der Waals surface area contributed by atoms with Crippen LogP contribution in [0.25, 0.3) is 0 Å². The number of carbonyl (C=O) groups excluding carboxylic acids is 1. The molecule has 0 fully saturated rings. The Morgan fingerprint density at radius 3 is 2.78 bits per heavy atom. The van der Waals surface area contributed by atoms with Crippen LogP contribution in [0.4, 0.5) is 5.69 Å². The summed E-state index contributed by atoms with van der Waals surface area (Å²) in [7, 11) is 0. The van der Waals surface area contributed by atoms with E-state index in [4.69, 9.17) is 4.74 Å². The maximum absolute atomic E-state index is 11.5. The summed E-state index contributed by atoms with van der Waals surface area (Å²) in [5, 5.41) is 4.07. The van der Waals surface area contributed by atoms with Crippen molar-refractivity contribution in [2.24, 2.45) is 5.10 Å². The van der Waals surface area contributed by atoms with Gasteiger partial charge in [-0.25, -0.2) is 4.79 Å². The van der Waals surface area contributed by atoms with E-state index in [9.17, 15) is 4.79 Å². The Labute approximate surface area is 128 Å². The van der Waals surface area contributed by atoms with Gasteiger partial charge >= 0.3 is 5.97 Å². The van der Waals surface area contributed by atoms with Crippen molar-refractivity contribution in [2.45, 2.75) is 20.3 Å². The van der Waals surface area contributed by atoms with E-state index >= 15 is 0 Å². The summed E-state index contributed by atoms with van der Waals surface area (Å²) in [5.74, 6) is -0.378.